The highest BCUT2D eigenvalue weighted by atomic mass is 16.2. The summed E-state index contributed by atoms with van der Waals surface area (Å²) in [5.41, 5.74) is 13.1. The van der Waals surface area contributed by atoms with Crippen LogP contribution >= 0.6 is 0 Å². The van der Waals surface area contributed by atoms with E-state index in [9.17, 15) is 14.4 Å². The van der Waals surface area contributed by atoms with Crippen LogP contribution in [0.1, 0.15) is 18.1 Å². The Balaban J connectivity index is 1.89. The fourth-order valence-corrected chi connectivity index (χ4v) is 2.72. The van der Waals surface area contributed by atoms with E-state index in [1.165, 1.54) is 6.92 Å². The molecule has 0 aliphatic rings. The molecule has 0 saturated heterocycles. The molecule has 2 aromatic carbocycles. The lowest BCUT2D eigenvalue weighted by atomic mass is 10.0. The average Bonchev–Trinajstić information content (AvgIpc) is 2.68. The van der Waals surface area contributed by atoms with E-state index >= 15 is 0 Å². The van der Waals surface area contributed by atoms with Crippen molar-refractivity contribution < 1.29 is 14.4 Å². The topological polar surface area (TPSA) is 127 Å². The Morgan fingerprint density at radius 1 is 0.821 bits per heavy atom. The third-order valence-corrected chi connectivity index (χ3v) is 4.33. The molecule has 7 heteroatoms. The summed E-state index contributed by atoms with van der Waals surface area (Å²) < 4.78 is 0. The molecule has 3 unspecified atom stereocenters. The average molecular weight is 382 g/mol. The minimum atomic E-state index is -0.868. The number of carbonyl (C=O) groups is 3. The second-order valence-corrected chi connectivity index (χ2v) is 6.68. The predicted octanol–water partition coefficient (Wildman–Crippen LogP) is 0.274. The predicted molar refractivity (Wildman–Crippen MR) is 107 cm³/mol. The lowest BCUT2D eigenvalue weighted by Crippen LogP contribution is -2.55. The normalized spacial score (nSPS) is 13.8. The summed E-state index contributed by atoms with van der Waals surface area (Å²) in [5.74, 6) is -1.58. The van der Waals surface area contributed by atoms with Crippen molar-refractivity contribution in [2.45, 2.75) is 37.9 Å². The Kier molecular flexibility index (Phi) is 7.71. The van der Waals surface area contributed by atoms with Gasteiger partial charge in [-0.1, -0.05) is 60.7 Å². The van der Waals surface area contributed by atoms with Crippen molar-refractivity contribution >= 4 is 17.7 Å². The van der Waals surface area contributed by atoms with Crippen LogP contribution in [0.2, 0.25) is 0 Å². The first-order valence-corrected chi connectivity index (χ1v) is 9.10. The zero-order valence-corrected chi connectivity index (χ0v) is 15.8. The van der Waals surface area contributed by atoms with Crippen LogP contribution in [0, 0.1) is 0 Å². The van der Waals surface area contributed by atoms with Gasteiger partial charge in [0.05, 0.1) is 6.04 Å². The van der Waals surface area contributed by atoms with Gasteiger partial charge in [-0.05, 0) is 24.5 Å². The highest BCUT2D eigenvalue weighted by molar-refractivity contribution is 5.92. The van der Waals surface area contributed by atoms with Crippen molar-refractivity contribution in [3.05, 3.63) is 71.8 Å². The van der Waals surface area contributed by atoms with Gasteiger partial charge in [0.2, 0.25) is 17.7 Å². The lowest BCUT2D eigenvalue weighted by Gasteiger charge is -2.21. The monoisotopic (exact) mass is 382 g/mol. The molecule has 2 aromatic rings. The molecule has 3 amide bonds. The summed E-state index contributed by atoms with van der Waals surface area (Å²) in [6.45, 7) is 1.53. The number of amides is 3. The van der Waals surface area contributed by atoms with Crippen LogP contribution in [0.4, 0.5) is 0 Å². The lowest BCUT2D eigenvalue weighted by molar-refractivity contribution is -0.131. The van der Waals surface area contributed by atoms with Gasteiger partial charge in [-0.2, -0.15) is 0 Å². The number of hydrogen-bond donors (Lipinski definition) is 4. The van der Waals surface area contributed by atoms with Crippen molar-refractivity contribution in [3.63, 3.8) is 0 Å². The number of carbonyl (C=O) groups excluding carboxylic acids is 3. The second-order valence-electron chi connectivity index (χ2n) is 6.68. The van der Waals surface area contributed by atoms with E-state index in [4.69, 9.17) is 11.5 Å². The van der Waals surface area contributed by atoms with Crippen LogP contribution in [0.15, 0.2) is 60.7 Å². The zero-order chi connectivity index (χ0) is 20.5. The summed E-state index contributed by atoms with van der Waals surface area (Å²) >= 11 is 0. The van der Waals surface area contributed by atoms with Crippen LogP contribution in [-0.4, -0.2) is 35.8 Å². The fraction of sp³-hybridized carbons (Fsp3) is 0.286. The van der Waals surface area contributed by atoms with Crippen LogP contribution in [0.5, 0.6) is 0 Å². The zero-order valence-electron chi connectivity index (χ0n) is 15.8. The van der Waals surface area contributed by atoms with Crippen LogP contribution < -0.4 is 22.1 Å². The van der Waals surface area contributed by atoms with Gasteiger partial charge in [0.25, 0.3) is 0 Å². The van der Waals surface area contributed by atoms with E-state index in [1.54, 1.807) is 0 Å². The maximum absolute atomic E-state index is 12.4. The first kappa shape index (κ1) is 21.1. The summed E-state index contributed by atoms with van der Waals surface area (Å²) in [6.07, 6.45) is 0.634. The van der Waals surface area contributed by atoms with Crippen molar-refractivity contribution in [2.24, 2.45) is 11.5 Å². The largest absolute Gasteiger partial charge is 0.368 e. The molecule has 28 heavy (non-hydrogen) atoms. The Morgan fingerprint density at radius 3 is 1.82 bits per heavy atom. The first-order valence-electron chi connectivity index (χ1n) is 9.10. The van der Waals surface area contributed by atoms with Gasteiger partial charge in [0.15, 0.2) is 0 Å². The third kappa shape index (κ3) is 6.51. The van der Waals surface area contributed by atoms with E-state index in [0.717, 1.165) is 11.1 Å². The third-order valence-electron chi connectivity index (χ3n) is 4.33. The molecule has 0 bridgehead atoms. The number of rotatable bonds is 9. The van der Waals surface area contributed by atoms with Gasteiger partial charge in [-0.3, -0.25) is 14.4 Å². The Hall–Kier alpha value is -3.19. The minimum Gasteiger partial charge on any atom is -0.368 e. The van der Waals surface area contributed by atoms with Crippen LogP contribution in [0.25, 0.3) is 0 Å². The molecule has 6 N–H and O–H groups in total. The highest BCUT2D eigenvalue weighted by Crippen LogP contribution is 2.04. The Morgan fingerprint density at radius 2 is 1.32 bits per heavy atom. The summed E-state index contributed by atoms with van der Waals surface area (Å²) in [5, 5.41) is 5.17. The smallest absolute Gasteiger partial charge is 0.242 e. The van der Waals surface area contributed by atoms with E-state index in [2.05, 4.69) is 10.6 Å². The van der Waals surface area contributed by atoms with E-state index in [0.29, 0.717) is 6.42 Å². The van der Waals surface area contributed by atoms with Crippen molar-refractivity contribution in [1.29, 1.82) is 0 Å². The van der Waals surface area contributed by atoms with Gasteiger partial charge >= 0.3 is 0 Å². The molecule has 0 spiro atoms. The molecular weight excluding hydrogens is 356 g/mol. The molecule has 0 radical (unpaired) electrons. The van der Waals surface area contributed by atoms with Crippen molar-refractivity contribution in [3.8, 4) is 0 Å². The molecule has 0 aliphatic heterocycles. The van der Waals surface area contributed by atoms with Gasteiger partial charge in [0, 0.05) is 6.42 Å². The molecule has 0 aromatic heterocycles. The fourth-order valence-electron chi connectivity index (χ4n) is 2.72. The van der Waals surface area contributed by atoms with E-state index < -0.39 is 35.8 Å². The maximum atomic E-state index is 12.4. The van der Waals surface area contributed by atoms with Gasteiger partial charge in [0.1, 0.15) is 12.1 Å². The summed E-state index contributed by atoms with van der Waals surface area (Å²) in [6, 6.07) is 16.1. The maximum Gasteiger partial charge on any atom is 0.242 e. The summed E-state index contributed by atoms with van der Waals surface area (Å²) in [7, 11) is 0. The number of hydrogen-bond acceptors (Lipinski definition) is 4. The molecule has 2 rings (SSSR count). The number of benzene rings is 2. The van der Waals surface area contributed by atoms with E-state index in [-0.39, 0.29) is 6.42 Å². The molecule has 3 atom stereocenters. The quantitative estimate of drug-likeness (QED) is 0.496. The number of nitrogens with one attached hydrogen (secondary N) is 2. The molecule has 0 aliphatic carbocycles. The molecule has 0 heterocycles. The van der Waals surface area contributed by atoms with Crippen molar-refractivity contribution in [2.75, 3.05) is 0 Å². The molecule has 0 saturated carbocycles. The second kappa shape index (κ2) is 10.2. The summed E-state index contributed by atoms with van der Waals surface area (Å²) in [4.78, 5) is 36.4. The molecule has 7 nitrogen and oxygen atoms in total. The minimum absolute atomic E-state index is 0.274. The van der Waals surface area contributed by atoms with Crippen LogP contribution in [-0.2, 0) is 27.2 Å². The standard InChI is InChI=1S/C21H26N4O3/c1-14(24-21(28)17(22)12-15-8-4-2-5-9-15)20(27)25-18(19(23)26)13-16-10-6-3-7-11-16/h2-11,14,17-18H,12-13,22H2,1H3,(H2,23,26)(H,24,28)(H,25,27). The molecule has 148 valence electrons. The van der Waals surface area contributed by atoms with Crippen LogP contribution in [0.3, 0.4) is 0 Å². The molecule has 0 fully saturated rings. The molecular formula is C21H26N4O3. The Bertz CT molecular complexity index is 796. The number of primary amides is 1. The van der Waals surface area contributed by atoms with E-state index in [1.807, 2.05) is 60.7 Å². The van der Waals surface area contributed by atoms with Gasteiger partial charge in [-0.15, -0.1) is 0 Å². The number of nitrogens with two attached hydrogens (primary N) is 2. The SMILES string of the molecule is CC(NC(=O)C(N)Cc1ccccc1)C(=O)NC(Cc1ccccc1)C(N)=O. The van der Waals surface area contributed by atoms with Gasteiger partial charge < -0.3 is 22.1 Å². The van der Waals surface area contributed by atoms with Gasteiger partial charge in [-0.25, -0.2) is 0 Å². The Labute approximate surface area is 164 Å². The highest BCUT2D eigenvalue weighted by Gasteiger charge is 2.24. The van der Waals surface area contributed by atoms with Crippen molar-refractivity contribution in [1.82, 2.24) is 10.6 Å². The first-order chi connectivity index (χ1) is 13.4.